The molecule has 532 valence electrons. The van der Waals surface area contributed by atoms with E-state index in [-0.39, 0.29) is 62.6 Å². The molecule has 4 amide bonds. The Kier molecular flexibility index (Phi) is 30.4. The number of imide groups is 1. The number of nitrogens with one attached hydrogen (secondary N) is 2. The molecule has 6 aliphatic rings. The van der Waals surface area contributed by atoms with E-state index in [0.717, 1.165) is 11.0 Å². The van der Waals surface area contributed by atoms with Gasteiger partial charge in [-0.3, -0.25) is 33.7 Å². The minimum atomic E-state index is -2.35. The number of anilines is 1. The molecule has 2 aromatic carbocycles. The third-order valence-electron chi connectivity index (χ3n) is 18.1. The Labute approximate surface area is 557 Å². The van der Waals surface area contributed by atoms with Crippen molar-refractivity contribution in [1.29, 1.82) is 0 Å². The van der Waals surface area contributed by atoms with Gasteiger partial charge in [0.05, 0.1) is 177 Å². The van der Waals surface area contributed by atoms with Crippen molar-refractivity contribution < 1.29 is 119 Å². The molecule has 2 heterocycles. The maximum Gasteiger partial charge on any atom is 0.253 e. The van der Waals surface area contributed by atoms with Crippen LogP contribution in [-0.2, 0) is 95.1 Å². The molecule has 28 heteroatoms. The summed E-state index contributed by atoms with van der Waals surface area (Å²) in [6.45, 7) is 12.3. The number of allylic oxidation sites excluding steroid dienone is 4. The number of carbonyl (C=O) groups is 6. The summed E-state index contributed by atoms with van der Waals surface area (Å²) in [5.41, 5.74) is -5.84. The van der Waals surface area contributed by atoms with Crippen molar-refractivity contribution in [2.75, 3.05) is 184 Å². The van der Waals surface area contributed by atoms with E-state index in [1.54, 1.807) is 55.5 Å². The molecule has 3 saturated carbocycles. The number of amides is 4. The molecule has 0 bridgehead atoms. The smallest absolute Gasteiger partial charge is 0.253 e. The number of aliphatic hydroxyl groups is 2. The average Bonchev–Trinajstić information content (AvgIpc) is 1.38. The number of ether oxygens (including phenoxy) is 15. The van der Waals surface area contributed by atoms with E-state index in [1.165, 1.54) is 31.2 Å². The van der Waals surface area contributed by atoms with E-state index >= 15 is 8.78 Å². The van der Waals surface area contributed by atoms with Crippen molar-refractivity contribution in [3.8, 4) is 11.5 Å². The van der Waals surface area contributed by atoms with Gasteiger partial charge in [0.2, 0.25) is 11.8 Å². The van der Waals surface area contributed by atoms with Crippen molar-refractivity contribution in [3.05, 3.63) is 90.0 Å². The van der Waals surface area contributed by atoms with Gasteiger partial charge in [0.1, 0.15) is 24.3 Å². The molecule has 2 aromatic rings. The van der Waals surface area contributed by atoms with E-state index in [2.05, 4.69) is 10.6 Å². The molecule has 0 spiro atoms. The van der Waals surface area contributed by atoms with Crippen molar-refractivity contribution in [3.63, 3.8) is 0 Å². The van der Waals surface area contributed by atoms with Crippen LogP contribution in [-0.4, -0.2) is 258 Å². The summed E-state index contributed by atoms with van der Waals surface area (Å²) in [6, 6.07) is 13.7. The van der Waals surface area contributed by atoms with Crippen LogP contribution in [0.1, 0.15) is 57.8 Å². The second kappa shape index (κ2) is 38.5. The standard InChI is InChI=1S/C68H93F2N3O23/c1-65-16-13-50(75)43-55(65)56(69)44-54-53-45-59-68(58(77)47-74,66(53,2)46-57(76)67(54,65)70)96-64(95-59)48-3-7-51(8-4-48)94-52-9-5-49(6-10-52)72-61(79)15-19-82-21-23-84-25-27-86-29-31-88-33-35-90-37-39-92-41-42-93-40-38-91-36-34-89-32-30-87-28-26-85-24-22-83-20-17-71-60(78)14-18-73-62(80)11-12-63(73)81/h3-13,16,43,53-54,56-57,59,64,74,76H,14-15,17-42,44-47H2,1-2H3,(H,71,78)(H,72,79)/t53-,54-,56-,57-,59+,64?,65-,66-,67-,68+/m0/s1. The molecule has 26 nitrogen and oxygen atoms in total. The quantitative estimate of drug-likeness (QED) is 0.0536. The highest BCUT2D eigenvalue weighted by Crippen LogP contribution is 2.72. The van der Waals surface area contributed by atoms with Crippen molar-refractivity contribution in [1.82, 2.24) is 10.2 Å². The summed E-state index contributed by atoms with van der Waals surface area (Å²) in [5, 5.41) is 27.6. The average molecular weight is 1360 g/mol. The van der Waals surface area contributed by atoms with Gasteiger partial charge < -0.3 is 91.9 Å². The first-order chi connectivity index (χ1) is 46.5. The van der Waals surface area contributed by atoms with Gasteiger partial charge in [-0.15, -0.1) is 0 Å². The third kappa shape index (κ3) is 20.2. The molecule has 96 heavy (non-hydrogen) atoms. The number of rotatable bonds is 48. The monoisotopic (exact) mass is 1360 g/mol. The zero-order valence-electron chi connectivity index (χ0n) is 54.8. The van der Waals surface area contributed by atoms with Crippen LogP contribution in [0.25, 0.3) is 0 Å². The summed E-state index contributed by atoms with van der Waals surface area (Å²) < 4.78 is 119. The van der Waals surface area contributed by atoms with E-state index in [4.69, 9.17) is 71.1 Å². The Morgan fingerprint density at radius 1 is 0.594 bits per heavy atom. The molecule has 4 aliphatic carbocycles. The molecular formula is C68H93F2N3O23. The van der Waals surface area contributed by atoms with Crippen LogP contribution in [0.5, 0.6) is 11.5 Å². The summed E-state index contributed by atoms with van der Waals surface area (Å²) in [4.78, 5) is 74.7. The Hall–Kier alpha value is -5.90. The molecule has 2 aliphatic heterocycles. The Morgan fingerprint density at radius 3 is 1.53 bits per heavy atom. The predicted octanol–water partition coefficient (Wildman–Crippen LogP) is 4.08. The van der Waals surface area contributed by atoms with Crippen LogP contribution >= 0.6 is 0 Å². The number of hydrogen-bond donors (Lipinski definition) is 4. The lowest BCUT2D eigenvalue weighted by Gasteiger charge is -2.63. The lowest BCUT2D eigenvalue weighted by atomic mass is 9.44. The second-order valence-corrected chi connectivity index (χ2v) is 24.1. The fraction of sp³-hybridized carbons (Fsp3) is 0.647. The SMILES string of the molecule is C[C@]12C=CC(=O)C=C1[C@@H](F)C[C@H]1[C@@H]3C[C@H]4OC(c5ccc(Oc6ccc(NC(=O)CCOCCOCCOCCOCCOCCOCCOCCOCCOCCOCCOCCOCCNC(=O)CCN7C(=O)C=CC7=O)cc6)cc5)O[C@@]4(C(=O)CO)[C@@]3(C)C[C@H](O)[C@@]12F. The number of aliphatic hydroxyl groups excluding tert-OH is 2. The molecule has 1 unspecified atom stereocenters. The van der Waals surface area contributed by atoms with Crippen LogP contribution in [0.15, 0.2) is 84.5 Å². The number of Topliss-reactive ketones (excluding diaryl/α,β-unsaturated/α-hetero) is 1. The number of halogens is 2. The maximum absolute atomic E-state index is 17.8. The van der Waals surface area contributed by atoms with Gasteiger partial charge in [-0.25, -0.2) is 8.78 Å². The van der Waals surface area contributed by atoms with Gasteiger partial charge in [0, 0.05) is 59.7 Å². The highest BCUT2D eigenvalue weighted by molar-refractivity contribution is 6.13. The first-order valence-corrected chi connectivity index (χ1v) is 32.9. The van der Waals surface area contributed by atoms with E-state index in [9.17, 15) is 39.0 Å². The van der Waals surface area contributed by atoms with Gasteiger partial charge in [-0.1, -0.05) is 25.1 Å². The zero-order valence-corrected chi connectivity index (χ0v) is 54.8. The maximum atomic E-state index is 17.8. The number of alkyl halides is 2. The van der Waals surface area contributed by atoms with E-state index in [0.29, 0.717) is 181 Å². The summed E-state index contributed by atoms with van der Waals surface area (Å²) in [7, 11) is 0. The van der Waals surface area contributed by atoms with Gasteiger partial charge in [-0.05, 0) is 86.2 Å². The Morgan fingerprint density at radius 2 is 1.05 bits per heavy atom. The van der Waals surface area contributed by atoms with Crippen molar-refractivity contribution in [2.24, 2.45) is 22.7 Å². The third-order valence-corrected chi connectivity index (χ3v) is 18.1. The fourth-order valence-corrected chi connectivity index (χ4v) is 13.3. The van der Waals surface area contributed by atoms with Crippen LogP contribution in [0.3, 0.4) is 0 Å². The largest absolute Gasteiger partial charge is 0.457 e. The molecule has 4 N–H and O–H groups in total. The summed E-state index contributed by atoms with van der Waals surface area (Å²) in [6.07, 6.45) is 0.564. The van der Waals surface area contributed by atoms with Gasteiger partial charge >= 0.3 is 0 Å². The number of hydrogen-bond acceptors (Lipinski definition) is 23. The van der Waals surface area contributed by atoms with Gasteiger partial charge in [0.15, 0.2) is 29.1 Å². The molecule has 10 atom stereocenters. The van der Waals surface area contributed by atoms with E-state index < -0.39 is 88.6 Å². The predicted molar refractivity (Wildman–Crippen MR) is 337 cm³/mol. The topological polar surface area (TPSA) is 309 Å². The minimum Gasteiger partial charge on any atom is -0.457 e. The minimum absolute atomic E-state index is 0.00337. The number of fused-ring (bicyclic) bond motifs is 7. The van der Waals surface area contributed by atoms with Gasteiger partial charge in [0.25, 0.3) is 11.8 Å². The highest BCUT2D eigenvalue weighted by atomic mass is 19.1. The molecule has 0 radical (unpaired) electrons. The van der Waals surface area contributed by atoms with Crippen LogP contribution in [0, 0.1) is 22.7 Å². The van der Waals surface area contributed by atoms with Gasteiger partial charge in [-0.2, -0.15) is 0 Å². The number of carbonyl (C=O) groups excluding carboxylic acids is 6. The van der Waals surface area contributed by atoms with Crippen LogP contribution in [0.4, 0.5) is 14.5 Å². The highest BCUT2D eigenvalue weighted by Gasteiger charge is 2.80. The molecule has 4 fully saturated rings. The molecule has 8 rings (SSSR count). The summed E-state index contributed by atoms with van der Waals surface area (Å²) >= 11 is 0. The molecular weight excluding hydrogens is 1260 g/mol. The second-order valence-electron chi connectivity index (χ2n) is 24.1. The zero-order chi connectivity index (χ0) is 68.2. The first kappa shape index (κ1) is 75.9. The first-order valence-electron chi connectivity index (χ1n) is 32.9. The summed E-state index contributed by atoms with van der Waals surface area (Å²) in [5.74, 6) is -3.17. The number of nitrogens with zero attached hydrogens (tertiary/aromatic N) is 1. The molecule has 1 saturated heterocycles. The van der Waals surface area contributed by atoms with Crippen molar-refractivity contribution in [2.45, 2.75) is 81.9 Å². The normalized spacial score (nSPS) is 26.4. The lowest BCUT2D eigenvalue weighted by molar-refractivity contribution is -0.235. The lowest BCUT2D eigenvalue weighted by Crippen LogP contribution is -2.70. The number of benzene rings is 2. The van der Waals surface area contributed by atoms with Crippen LogP contribution < -0.4 is 15.4 Å². The van der Waals surface area contributed by atoms with Crippen LogP contribution in [0.2, 0.25) is 0 Å². The van der Waals surface area contributed by atoms with Crippen molar-refractivity contribution >= 4 is 40.9 Å². The number of ketones is 2. The van der Waals surface area contributed by atoms with E-state index in [1.807, 2.05) is 0 Å². The Balaban J connectivity index is 0.543. The fourth-order valence-electron chi connectivity index (χ4n) is 13.3. The molecule has 0 aromatic heterocycles. The Bertz CT molecular complexity index is 2890.